The van der Waals surface area contributed by atoms with E-state index in [4.69, 9.17) is 29.9 Å². The van der Waals surface area contributed by atoms with E-state index in [1.54, 1.807) is 0 Å². The fraction of sp³-hybridized carbons (Fsp3) is 0. The van der Waals surface area contributed by atoms with Crippen LogP contribution in [0, 0.1) is 0 Å². The van der Waals surface area contributed by atoms with Crippen molar-refractivity contribution < 1.29 is 0 Å². The van der Waals surface area contributed by atoms with Crippen LogP contribution in [0.2, 0.25) is 0 Å². The first-order valence-corrected chi connectivity index (χ1v) is 20.4. The van der Waals surface area contributed by atoms with Crippen LogP contribution in [0.15, 0.2) is 231 Å². The summed E-state index contributed by atoms with van der Waals surface area (Å²) in [6.07, 6.45) is 0. The Bertz CT molecular complexity index is 2760. The molecule has 10 aromatic rings. The van der Waals surface area contributed by atoms with Crippen LogP contribution in [0.5, 0.6) is 0 Å². The minimum absolute atomic E-state index is 0.352. The van der Waals surface area contributed by atoms with Crippen LogP contribution in [-0.2, 0) is 0 Å². The van der Waals surface area contributed by atoms with Gasteiger partial charge in [0, 0.05) is 44.9 Å². The zero-order chi connectivity index (χ0) is 41.5. The summed E-state index contributed by atoms with van der Waals surface area (Å²) in [5.41, 5.74) is 9.24. The van der Waals surface area contributed by atoms with Crippen molar-refractivity contribution in [3.05, 3.63) is 231 Å². The zero-order valence-corrected chi connectivity index (χ0v) is 33.5. The maximum absolute atomic E-state index is 5.22. The third-order valence-corrected chi connectivity index (χ3v) is 10.4. The zero-order valence-electron chi connectivity index (χ0n) is 33.5. The quantitative estimate of drug-likeness (QED) is 0.128. The Labute approximate surface area is 360 Å². The molecule has 0 spiro atoms. The van der Waals surface area contributed by atoms with Gasteiger partial charge in [-0.15, -0.1) is 0 Å². The summed E-state index contributed by atoms with van der Waals surface area (Å²) in [5, 5.41) is 0. The molecule has 0 saturated carbocycles. The van der Waals surface area contributed by atoms with Crippen molar-refractivity contribution in [1.82, 2.24) is 29.9 Å². The summed E-state index contributed by atoms with van der Waals surface area (Å²) in [5.74, 6) is 2.77. The minimum atomic E-state index is 0.352. The van der Waals surface area contributed by atoms with Gasteiger partial charge in [-0.2, -0.15) is 19.9 Å². The van der Waals surface area contributed by atoms with E-state index >= 15 is 0 Å². The van der Waals surface area contributed by atoms with E-state index in [-0.39, 0.29) is 0 Å². The summed E-state index contributed by atoms with van der Waals surface area (Å²) in [6, 6.07) is 77.5. The lowest BCUT2D eigenvalue weighted by Gasteiger charge is -2.26. The molecule has 62 heavy (non-hydrogen) atoms. The van der Waals surface area contributed by atoms with Crippen molar-refractivity contribution in [2.24, 2.45) is 0 Å². The van der Waals surface area contributed by atoms with Gasteiger partial charge in [0.2, 0.25) is 11.9 Å². The fourth-order valence-corrected chi connectivity index (χ4v) is 7.40. The van der Waals surface area contributed by atoms with Gasteiger partial charge >= 0.3 is 0 Å². The Balaban J connectivity index is 1.19. The number of rotatable bonds is 11. The van der Waals surface area contributed by atoms with E-state index in [0.29, 0.717) is 35.2 Å². The van der Waals surface area contributed by atoms with Crippen molar-refractivity contribution in [1.29, 1.82) is 0 Å². The lowest BCUT2D eigenvalue weighted by molar-refractivity contribution is 0.964. The van der Waals surface area contributed by atoms with Gasteiger partial charge in [-0.1, -0.05) is 188 Å². The fourth-order valence-electron chi connectivity index (χ4n) is 7.40. The molecule has 0 N–H and O–H groups in total. The molecule has 0 atom stereocenters. The highest BCUT2D eigenvalue weighted by Crippen LogP contribution is 2.42. The molecule has 0 amide bonds. The summed E-state index contributed by atoms with van der Waals surface area (Å²) in [6.45, 7) is 0. The molecule has 2 aromatic heterocycles. The number of anilines is 6. The van der Waals surface area contributed by atoms with E-state index in [0.717, 1.165) is 56.1 Å². The van der Waals surface area contributed by atoms with Gasteiger partial charge < -0.3 is 4.90 Å². The van der Waals surface area contributed by atoms with Crippen molar-refractivity contribution in [2.75, 3.05) is 9.80 Å². The lowest BCUT2D eigenvalue weighted by atomic mass is 10.0. The smallest absolute Gasteiger partial charge is 0.241 e. The maximum atomic E-state index is 5.22. The number of aromatic nitrogens is 6. The number of para-hydroxylation sites is 3. The second-order valence-electron chi connectivity index (χ2n) is 14.4. The Morgan fingerprint density at radius 1 is 0.226 bits per heavy atom. The summed E-state index contributed by atoms with van der Waals surface area (Å²) in [4.78, 5) is 35.1. The molecule has 0 aliphatic carbocycles. The van der Waals surface area contributed by atoms with Crippen LogP contribution in [0.25, 0.3) is 56.7 Å². The molecule has 0 saturated heterocycles. The van der Waals surface area contributed by atoms with Gasteiger partial charge in [0.15, 0.2) is 23.3 Å². The molecule has 0 radical (unpaired) electrons. The third kappa shape index (κ3) is 7.91. The molecule has 0 unspecified atom stereocenters. The van der Waals surface area contributed by atoms with E-state index < -0.39 is 0 Å². The Kier molecular flexibility index (Phi) is 10.5. The lowest BCUT2D eigenvalue weighted by Crippen LogP contribution is -2.19. The van der Waals surface area contributed by atoms with Crippen molar-refractivity contribution in [3.8, 4) is 56.7 Å². The van der Waals surface area contributed by atoms with Crippen molar-refractivity contribution in [3.63, 3.8) is 0 Å². The van der Waals surface area contributed by atoms with Crippen LogP contribution < -0.4 is 9.80 Å². The van der Waals surface area contributed by atoms with Gasteiger partial charge in [-0.05, 0) is 48.0 Å². The van der Waals surface area contributed by atoms with Gasteiger partial charge in [0.05, 0.1) is 5.69 Å². The third-order valence-electron chi connectivity index (χ3n) is 10.4. The van der Waals surface area contributed by atoms with Crippen LogP contribution in [0.4, 0.5) is 34.6 Å². The minimum Gasteiger partial charge on any atom is -0.311 e. The van der Waals surface area contributed by atoms with Crippen LogP contribution in [-0.4, -0.2) is 29.9 Å². The molecule has 2 heterocycles. The highest BCUT2D eigenvalue weighted by molar-refractivity contribution is 5.87. The molecule has 8 aromatic carbocycles. The molecule has 294 valence electrons. The van der Waals surface area contributed by atoms with E-state index in [1.165, 1.54) is 0 Å². The highest BCUT2D eigenvalue weighted by atomic mass is 15.4. The predicted octanol–water partition coefficient (Wildman–Crippen LogP) is 13.3. The second kappa shape index (κ2) is 17.3. The number of hydrogen-bond acceptors (Lipinski definition) is 8. The Morgan fingerprint density at radius 2 is 0.532 bits per heavy atom. The normalized spacial score (nSPS) is 10.9. The Morgan fingerprint density at radius 3 is 0.903 bits per heavy atom. The molecule has 10 rings (SSSR count). The summed E-state index contributed by atoms with van der Waals surface area (Å²) < 4.78 is 0. The standard InChI is InChI=1S/C54H38N8/c1-7-21-40(22-8-1)49-55-50(41-23-9-2-10-24-41)58-53(57-49)62(54-59-51(42-25-11-3-12-26-42)56-52(60-54)43-27-13-4-14-28-43)48-34-20-19-33-47(48)39-35-37-46(38-36-39)61(44-29-15-5-16-30-44)45-31-17-6-18-32-45/h1-38H. The van der Waals surface area contributed by atoms with Crippen LogP contribution >= 0.6 is 0 Å². The average Bonchev–Trinajstić information content (AvgIpc) is 3.36. The molecular formula is C54H38N8. The highest BCUT2D eigenvalue weighted by Gasteiger charge is 2.26. The molecule has 0 aliphatic heterocycles. The van der Waals surface area contributed by atoms with E-state index in [9.17, 15) is 0 Å². The topological polar surface area (TPSA) is 83.8 Å². The van der Waals surface area contributed by atoms with E-state index in [2.05, 4.69) is 89.8 Å². The largest absolute Gasteiger partial charge is 0.311 e. The molecule has 8 heteroatoms. The second-order valence-corrected chi connectivity index (χ2v) is 14.4. The average molecular weight is 799 g/mol. The first kappa shape index (κ1) is 37.6. The predicted molar refractivity (Wildman–Crippen MR) is 250 cm³/mol. The summed E-state index contributed by atoms with van der Waals surface area (Å²) >= 11 is 0. The summed E-state index contributed by atoms with van der Waals surface area (Å²) in [7, 11) is 0. The molecule has 0 bridgehead atoms. The number of nitrogens with zero attached hydrogens (tertiary/aromatic N) is 8. The van der Waals surface area contributed by atoms with Gasteiger partial charge in [-0.25, -0.2) is 14.9 Å². The SMILES string of the molecule is c1ccc(-c2nc(-c3ccccc3)nc(N(c3nc(-c4ccccc4)nc(-c4ccccc4)n3)c3ccccc3-c3ccc(N(c4ccccc4)c4ccccc4)cc3)n2)cc1. The van der Waals surface area contributed by atoms with Gasteiger partial charge in [-0.3, -0.25) is 0 Å². The molecule has 0 aliphatic rings. The maximum Gasteiger partial charge on any atom is 0.241 e. The Hall–Kier alpha value is -8.62. The first-order valence-electron chi connectivity index (χ1n) is 20.4. The van der Waals surface area contributed by atoms with Crippen molar-refractivity contribution >= 4 is 34.6 Å². The molecule has 8 nitrogen and oxygen atoms in total. The molecule has 0 fully saturated rings. The van der Waals surface area contributed by atoms with E-state index in [1.807, 2.05) is 150 Å². The van der Waals surface area contributed by atoms with Gasteiger partial charge in [0.1, 0.15) is 0 Å². The monoisotopic (exact) mass is 798 g/mol. The number of benzene rings is 8. The first-order chi connectivity index (χ1) is 30.7. The number of hydrogen-bond donors (Lipinski definition) is 0. The van der Waals surface area contributed by atoms with Crippen LogP contribution in [0.1, 0.15) is 0 Å². The molecular weight excluding hydrogens is 761 g/mol. The van der Waals surface area contributed by atoms with Crippen LogP contribution in [0.3, 0.4) is 0 Å². The van der Waals surface area contributed by atoms with Crippen molar-refractivity contribution in [2.45, 2.75) is 0 Å². The van der Waals surface area contributed by atoms with Gasteiger partial charge in [0.25, 0.3) is 0 Å².